The number of aryl methyl sites for hydroxylation is 1. The zero-order chi connectivity index (χ0) is 15.9. The first-order chi connectivity index (χ1) is 10.7. The lowest BCUT2D eigenvalue weighted by molar-refractivity contribution is 0.132. The number of aromatic nitrogens is 1. The molecule has 0 radical (unpaired) electrons. The summed E-state index contributed by atoms with van der Waals surface area (Å²) in [6, 6.07) is 10.6. The molecule has 0 bridgehead atoms. The van der Waals surface area contributed by atoms with Gasteiger partial charge in [-0.15, -0.1) is 0 Å². The van der Waals surface area contributed by atoms with Gasteiger partial charge in [0, 0.05) is 17.5 Å². The first-order valence-electron chi connectivity index (χ1n) is 7.70. The van der Waals surface area contributed by atoms with Crippen molar-refractivity contribution in [2.45, 2.75) is 38.3 Å². The molecule has 2 rings (SSSR count). The third-order valence-electron chi connectivity index (χ3n) is 3.78. The number of nitrogens with zero attached hydrogens (tertiary/aromatic N) is 1. The van der Waals surface area contributed by atoms with Crippen LogP contribution in [-0.4, -0.2) is 22.8 Å². The Morgan fingerprint density at radius 1 is 1.14 bits per heavy atom. The van der Waals surface area contributed by atoms with E-state index >= 15 is 0 Å². The Hall–Kier alpha value is -1.78. The van der Waals surface area contributed by atoms with Gasteiger partial charge in [0.15, 0.2) is 0 Å². The van der Waals surface area contributed by atoms with Gasteiger partial charge in [-0.05, 0) is 30.0 Å². The second kappa shape index (κ2) is 8.01. The van der Waals surface area contributed by atoms with Crippen molar-refractivity contribution in [3.8, 4) is 11.1 Å². The van der Waals surface area contributed by atoms with Gasteiger partial charge >= 0.3 is 0 Å². The molecule has 3 N–H and O–H groups in total. The average molecular weight is 302 g/mol. The summed E-state index contributed by atoms with van der Waals surface area (Å²) in [6.07, 6.45) is 4.20. The van der Waals surface area contributed by atoms with E-state index in [1.807, 2.05) is 24.4 Å². The van der Waals surface area contributed by atoms with Crippen molar-refractivity contribution < 1.29 is 9.50 Å². The maximum absolute atomic E-state index is 12.5. The number of aliphatic hydroxyl groups excluding tert-OH is 1. The van der Waals surface area contributed by atoms with Crippen molar-refractivity contribution in [2.24, 2.45) is 5.73 Å². The summed E-state index contributed by atoms with van der Waals surface area (Å²) in [4.78, 5) is 4.47. The lowest BCUT2D eigenvalue weighted by Gasteiger charge is -2.16. The van der Waals surface area contributed by atoms with E-state index in [1.54, 1.807) is 12.1 Å². The second-order valence-corrected chi connectivity index (χ2v) is 5.53. The predicted octanol–water partition coefficient (Wildman–Crippen LogP) is 3.42. The lowest BCUT2D eigenvalue weighted by atomic mass is 10.00. The maximum Gasteiger partial charge on any atom is 0.107 e. The number of nitrogens with two attached hydrogens (primary N) is 1. The standard InChI is InChI=1S/C18H23FN2O/c1-2-3-4-16-10-9-15(12-21-16)13-5-7-14(8-6-13)18(22)17(20)11-19/h5-10,12,17-18,22H,2-4,11,20H2,1H3/t17-,18-/m1/s1. The van der Waals surface area contributed by atoms with Crippen LogP contribution in [0, 0.1) is 0 Å². The fourth-order valence-electron chi connectivity index (χ4n) is 2.31. The van der Waals surface area contributed by atoms with Crippen LogP contribution in [0.4, 0.5) is 4.39 Å². The number of halogens is 1. The molecule has 0 aliphatic carbocycles. The number of aliphatic hydroxyl groups is 1. The van der Waals surface area contributed by atoms with Crippen molar-refractivity contribution in [2.75, 3.05) is 6.67 Å². The number of benzene rings is 1. The summed E-state index contributed by atoms with van der Waals surface area (Å²) in [5, 5.41) is 9.89. The molecule has 0 saturated carbocycles. The average Bonchev–Trinajstić information content (AvgIpc) is 2.59. The quantitative estimate of drug-likeness (QED) is 0.824. The first-order valence-corrected chi connectivity index (χ1v) is 7.70. The Morgan fingerprint density at radius 2 is 1.82 bits per heavy atom. The lowest BCUT2D eigenvalue weighted by Crippen LogP contribution is -2.30. The van der Waals surface area contributed by atoms with E-state index in [2.05, 4.69) is 18.0 Å². The van der Waals surface area contributed by atoms with Crippen LogP contribution in [-0.2, 0) is 6.42 Å². The highest BCUT2D eigenvalue weighted by molar-refractivity contribution is 5.62. The van der Waals surface area contributed by atoms with Gasteiger partial charge in [0.05, 0.1) is 12.1 Å². The van der Waals surface area contributed by atoms with Gasteiger partial charge in [-0.3, -0.25) is 4.98 Å². The van der Waals surface area contributed by atoms with Crippen LogP contribution in [0.3, 0.4) is 0 Å². The molecule has 3 nitrogen and oxygen atoms in total. The Labute approximate surface area is 131 Å². The van der Waals surface area contributed by atoms with Gasteiger partial charge in [0.1, 0.15) is 6.67 Å². The topological polar surface area (TPSA) is 59.1 Å². The number of alkyl halides is 1. The van der Waals surface area contributed by atoms with Gasteiger partial charge in [-0.25, -0.2) is 4.39 Å². The molecule has 0 spiro atoms. The molecule has 0 saturated heterocycles. The summed E-state index contributed by atoms with van der Waals surface area (Å²) < 4.78 is 12.5. The molecule has 1 aromatic carbocycles. The smallest absolute Gasteiger partial charge is 0.107 e. The van der Waals surface area contributed by atoms with Gasteiger partial charge in [-0.1, -0.05) is 43.7 Å². The molecule has 1 heterocycles. The Bertz CT molecular complexity index is 569. The van der Waals surface area contributed by atoms with Crippen molar-refractivity contribution >= 4 is 0 Å². The van der Waals surface area contributed by atoms with E-state index in [9.17, 15) is 9.50 Å². The van der Waals surface area contributed by atoms with Gasteiger partial charge in [0.25, 0.3) is 0 Å². The fraction of sp³-hybridized carbons (Fsp3) is 0.389. The van der Waals surface area contributed by atoms with Crippen LogP contribution in [0.25, 0.3) is 11.1 Å². The number of hydrogen-bond acceptors (Lipinski definition) is 3. The van der Waals surface area contributed by atoms with Crippen molar-refractivity contribution in [1.82, 2.24) is 4.98 Å². The highest BCUT2D eigenvalue weighted by atomic mass is 19.1. The zero-order valence-electron chi connectivity index (χ0n) is 12.9. The van der Waals surface area contributed by atoms with Crippen LogP contribution >= 0.6 is 0 Å². The number of pyridine rings is 1. The highest BCUT2D eigenvalue weighted by Crippen LogP contribution is 2.23. The fourth-order valence-corrected chi connectivity index (χ4v) is 2.31. The molecule has 0 aliphatic heterocycles. The SMILES string of the molecule is CCCCc1ccc(-c2ccc([C@@H](O)[C@H](N)CF)cc2)cn1. The molecule has 2 aromatic rings. The molecule has 0 aliphatic rings. The molecule has 0 amide bonds. The molecule has 2 atom stereocenters. The number of rotatable bonds is 7. The third-order valence-corrected chi connectivity index (χ3v) is 3.78. The summed E-state index contributed by atoms with van der Waals surface area (Å²) in [5.74, 6) is 0. The van der Waals surface area contributed by atoms with Gasteiger partial charge < -0.3 is 10.8 Å². The highest BCUT2D eigenvalue weighted by Gasteiger charge is 2.16. The van der Waals surface area contributed by atoms with Crippen molar-refractivity contribution in [1.29, 1.82) is 0 Å². The van der Waals surface area contributed by atoms with E-state index < -0.39 is 18.8 Å². The molecular weight excluding hydrogens is 279 g/mol. The van der Waals surface area contributed by atoms with E-state index in [4.69, 9.17) is 5.73 Å². The van der Waals surface area contributed by atoms with E-state index in [0.29, 0.717) is 5.56 Å². The summed E-state index contributed by atoms with van der Waals surface area (Å²) in [7, 11) is 0. The van der Waals surface area contributed by atoms with Crippen LogP contribution in [0.2, 0.25) is 0 Å². The minimum Gasteiger partial charge on any atom is -0.387 e. The van der Waals surface area contributed by atoms with E-state index in [0.717, 1.165) is 36.1 Å². The van der Waals surface area contributed by atoms with Gasteiger partial charge in [0.2, 0.25) is 0 Å². The van der Waals surface area contributed by atoms with Gasteiger partial charge in [-0.2, -0.15) is 0 Å². The van der Waals surface area contributed by atoms with E-state index in [-0.39, 0.29) is 0 Å². The number of hydrogen-bond donors (Lipinski definition) is 2. The Morgan fingerprint density at radius 3 is 2.36 bits per heavy atom. The summed E-state index contributed by atoms with van der Waals surface area (Å²) in [6.45, 7) is 1.42. The maximum atomic E-state index is 12.5. The van der Waals surface area contributed by atoms with Crippen LogP contribution in [0.15, 0.2) is 42.6 Å². The van der Waals surface area contributed by atoms with Crippen LogP contribution < -0.4 is 5.73 Å². The predicted molar refractivity (Wildman–Crippen MR) is 87.2 cm³/mol. The Balaban J connectivity index is 2.10. The normalized spacial score (nSPS) is 13.8. The third kappa shape index (κ3) is 4.12. The molecular formula is C18H23FN2O. The van der Waals surface area contributed by atoms with Crippen molar-refractivity contribution in [3.05, 3.63) is 53.9 Å². The van der Waals surface area contributed by atoms with Crippen LogP contribution in [0.5, 0.6) is 0 Å². The largest absolute Gasteiger partial charge is 0.387 e. The minimum absolute atomic E-state index is 0.626. The van der Waals surface area contributed by atoms with E-state index in [1.165, 1.54) is 0 Å². The zero-order valence-corrected chi connectivity index (χ0v) is 12.9. The Kier molecular flexibility index (Phi) is 6.04. The molecule has 1 aromatic heterocycles. The molecule has 0 unspecified atom stereocenters. The summed E-state index contributed by atoms with van der Waals surface area (Å²) >= 11 is 0. The van der Waals surface area contributed by atoms with Crippen molar-refractivity contribution in [3.63, 3.8) is 0 Å². The second-order valence-electron chi connectivity index (χ2n) is 5.53. The summed E-state index contributed by atoms with van der Waals surface area (Å²) in [5.41, 5.74) is 9.29. The molecule has 118 valence electrons. The molecule has 4 heteroatoms. The first kappa shape index (κ1) is 16.6. The number of unbranched alkanes of at least 4 members (excludes halogenated alkanes) is 1. The molecule has 22 heavy (non-hydrogen) atoms. The molecule has 0 fully saturated rings. The monoisotopic (exact) mass is 302 g/mol. The minimum atomic E-state index is -0.978. The van der Waals surface area contributed by atoms with Crippen LogP contribution in [0.1, 0.15) is 37.1 Å².